The van der Waals surface area contributed by atoms with E-state index in [1.807, 2.05) is 30.3 Å². The first-order valence-corrected chi connectivity index (χ1v) is 8.66. The maximum Gasteiger partial charge on any atom is 0.235 e. The van der Waals surface area contributed by atoms with E-state index in [0.717, 1.165) is 27.1 Å². The van der Waals surface area contributed by atoms with Gasteiger partial charge in [0, 0.05) is 16.6 Å². The van der Waals surface area contributed by atoms with Crippen LogP contribution >= 0.6 is 15.9 Å². The summed E-state index contributed by atoms with van der Waals surface area (Å²) in [5.74, 6) is 1.49. The summed E-state index contributed by atoms with van der Waals surface area (Å²) >= 11 is 3.45. The van der Waals surface area contributed by atoms with Crippen molar-refractivity contribution < 1.29 is 14.3 Å². The molecule has 0 saturated carbocycles. The number of benzene rings is 2. The summed E-state index contributed by atoms with van der Waals surface area (Å²) in [7, 11) is 0. The molecule has 4 rings (SSSR count). The molecule has 124 valence electrons. The highest BCUT2D eigenvalue weighted by atomic mass is 79.9. The summed E-state index contributed by atoms with van der Waals surface area (Å²) in [5.41, 5.74) is 2.09. The van der Waals surface area contributed by atoms with Crippen molar-refractivity contribution in [3.8, 4) is 11.5 Å². The molecule has 0 aliphatic carbocycles. The number of amides is 1. The van der Waals surface area contributed by atoms with E-state index in [9.17, 15) is 4.79 Å². The van der Waals surface area contributed by atoms with Gasteiger partial charge in [-0.25, -0.2) is 0 Å². The van der Waals surface area contributed by atoms with Crippen molar-refractivity contribution in [3.63, 3.8) is 0 Å². The molecular formula is C18H17BrN2O3. The molecule has 24 heavy (non-hydrogen) atoms. The van der Waals surface area contributed by atoms with Gasteiger partial charge in [0.25, 0.3) is 0 Å². The van der Waals surface area contributed by atoms with E-state index in [2.05, 4.69) is 38.3 Å². The Morgan fingerprint density at radius 3 is 2.75 bits per heavy atom. The summed E-state index contributed by atoms with van der Waals surface area (Å²) in [4.78, 5) is 14.1. The van der Waals surface area contributed by atoms with Gasteiger partial charge in [-0.2, -0.15) is 0 Å². The highest BCUT2D eigenvalue weighted by Crippen LogP contribution is 2.39. The monoisotopic (exact) mass is 388 g/mol. The van der Waals surface area contributed by atoms with Gasteiger partial charge < -0.3 is 14.8 Å². The molecule has 1 amide bonds. The summed E-state index contributed by atoms with van der Waals surface area (Å²) < 4.78 is 12.5. The molecule has 1 atom stereocenters. The molecule has 0 aromatic heterocycles. The molecule has 2 aliphatic rings. The lowest BCUT2D eigenvalue weighted by Crippen LogP contribution is -2.29. The molecule has 2 aromatic rings. The lowest BCUT2D eigenvalue weighted by molar-refractivity contribution is -0.118. The van der Waals surface area contributed by atoms with Crippen molar-refractivity contribution in [1.82, 2.24) is 10.2 Å². The van der Waals surface area contributed by atoms with Gasteiger partial charge in [0.1, 0.15) is 19.4 Å². The van der Waals surface area contributed by atoms with E-state index in [1.54, 1.807) is 0 Å². The average molecular weight is 389 g/mol. The lowest BCUT2D eigenvalue weighted by atomic mass is 10.1. The first kappa shape index (κ1) is 15.5. The zero-order valence-electron chi connectivity index (χ0n) is 13.0. The SMILES string of the molecule is O=C1CN(Cc2ccc(Br)cc2)C(c2cccc3c2OCCO3)N1. The number of fused-ring (bicyclic) bond motifs is 1. The van der Waals surface area contributed by atoms with Gasteiger partial charge in [0.15, 0.2) is 11.5 Å². The fourth-order valence-electron chi connectivity index (χ4n) is 3.12. The Balaban J connectivity index is 1.63. The first-order chi connectivity index (χ1) is 11.7. The van der Waals surface area contributed by atoms with E-state index in [1.165, 1.54) is 0 Å². The van der Waals surface area contributed by atoms with Crippen LogP contribution in [0, 0.1) is 0 Å². The van der Waals surface area contributed by atoms with Gasteiger partial charge in [-0.3, -0.25) is 9.69 Å². The summed E-state index contributed by atoms with van der Waals surface area (Å²) in [5, 5.41) is 3.04. The van der Waals surface area contributed by atoms with Crippen LogP contribution in [0.2, 0.25) is 0 Å². The normalized spacial score (nSPS) is 20.0. The van der Waals surface area contributed by atoms with Crippen LogP contribution in [0.5, 0.6) is 11.5 Å². The summed E-state index contributed by atoms with van der Waals surface area (Å²) in [6.45, 7) is 2.12. The molecule has 0 radical (unpaired) electrons. The Hall–Kier alpha value is -2.05. The maximum absolute atomic E-state index is 12.0. The minimum Gasteiger partial charge on any atom is -0.486 e. The second-order valence-electron chi connectivity index (χ2n) is 5.87. The Labute approximate surface area is 148 Å². The van der Waals surface area contributed by atoms with Gasteiger partial charge in [0.2, 0.25) is 5.91 Å². The van der Waals surface area contributed by atoms with Crippen LogP contribution in [-0.2, 0) is 11.3 Å². The second kappa shape index (κ2) is 6.45. The molecule has 2 heterocycles. The first-order valence-electron chi connectivity index (χ1n) is 7.87. The van der Waals surface area contributed by atoms with Gasteiger partial charge >= 0.3 is 0 Å². The van der Waals surface area contributed by atoms with E-state index < -0.39 is 0 Å². The van der Waals surface area contributed by atoms with Crippen LogP contribution in [0.4, 0.5) is 0 Å². The van der Waals surface area contributed by atoms with E-state index in [-0.39, 0.29) is 12.1 Å². The van der Waals surface area contributed by atoms with Crippen LogP contribution in [0.15, 0.2) is 46.9 Å². The number of halogens is 1. The zero-order valence-corrected chi connectivity index (χ0v) is 14.6. The van der Waals surface area contributed by atoms with Crippen LogP contribution in [0.3, 0.4) is 0 Å². The number of carbonyl (C=O) groups excluding carboxylic acids is 1. The van der Waals surface area contributed by atoms with Crippen molar-refractivity contribution in [3.05, 3.63) is 58.1 Å². The van der Waals surface area contributed by atoms with Crippen molar-refractivity contribution in [1.29, 1.82) is 0 Å². The third kappa shape index (κ3) is 2.99. The van der Waals surface area contributed by atoms with Gasteiger partial charge in [-0.15, -0.1) is 0 Å². The number of nitrogens with zero attached hydrogens (tertiary/aromatic N) is 1. The van der Waals surface area contributed by atoms with Gasteiger partial charge in [0.05, 0.1) is 6.54 Å². The van der Waals surface area contributed by atoms with Crippen LogP contribution in [-0.4, -0.2) is 30.6 Å². The fourth-order valence-corrected chi connectivity index (χ4v) is 3.39. The van der Waals surface area contributed by atoms with Gasteiger partial charge in [-0.1, -0.05) is 40.2 Å². The smallest absolute Gasteiger partial charge is 0.235 e. The van der Waals surface area contributed by atoms with Crippen LogP contribution in [0.1, 0.15) is 17.3 Å². The fraction of sp³-hybridized carbons (Fsp3) is 0.278. The molecule has 1 unspecified atom stereocenters. The number of hydrogen-bond acceptors (Lipinski definition) is 4. The molecule has 0 spiro atoms. The number of nitrogens with one attached hydrogen (secondary N) is 1. The highest BCUT2D eigenvalue weighted by molar-refractivity contribution is 9.10. The molecule has 1 fully saturated rings. The number of hydrogen-bond donors (Lipinski definition) is 1. The van der Waals surface area contributed by atoms with E-state index >= 15 is 0 Å². The molecule has 5 nitrogen and oxygen atoms in total. The molecule has 2 aromatic carbocycles. The topological polar surface area (TPSA) is 50.8 Å². The zero-order chi connectivity index (χ0) is 16.5. The predicted molar refractivity (Wildman–Crippen MR) is 92.9 cm³/mol. The molecule has 1 saturated heterocycles. The van der Waals surface area contributed by atoms with Gasteiger partial charge in [-0.05, 0) is 23.8 Å². The summed E-state index contributed by atoms with van der Waals surface area (Å²) in [6.07, 6.45) is -0.210. The quantitative estimate of drug-likeness (QED) is 0.877. The molecule has 6 heteroatoms. The third-order valence-corrected chi connectivity index (χ3v) is 4.73. The number of carbonyl (C=O) groups is 1. The largest absolute Gasteiger partial charge is 0.486 e. The second-order valence-corrected chi connectivity index (χ2v) is 6.79. The van der Waals surface area contributed by atoms with Crippen LogP contribution in [0.25, 0.3) is 0 Å². The highest BCUT2D eigenvalue weighted by Gasteiger charge is 2.34. The van der Waals surface area contributed by atoms with Crippen molar-refractivity contribution in [2.24, 2.45) is 0 Å². The Morgan fingerprint density at radius 2 is 1.92 bits per heavy atom. The standard InChI is InChI=1S/C18H17BrN2O3/c19-13-6-4-12(5-7-13)10-21-11-16(22)20-18(21)14-2-1-3-15-17(14)24-9-8-23-15/h1-7,18H,8-11H2,(H,20,22). The van der Waals surface area contributed by atoms with Crippen molar-refractivity contribution >= 4 is 21.8 Å². The molecular weight excluding hydrogens is 372 g/mol. The lowest BCUT2D eigenvalue weighted by Gasteiger charge is -2.28. The van der Waals surface area contributed by atoms with Crippen LogP contribution < -0.4 is 14.8 Å². The number of para-hydroxylation sites is 1. The molecule has 1 N–H and O–H groups in total. The predicted octanol–water partition coefficient (Wildman–Crippen LogP) is 2.85. The Kier molecular flexibility index (Phi) is 4.16. The number of rotatable bonds is 3. The Morgan fingerprint density at radius 1 is 1.12 bits per heavy atom. The molecule has 2 aliphatic heterocycles. The van der Waals surface area contributed by atoms with Crippen molar-refractivity contribution in [2.45, 2.75) is 12.7 Å². The average Bonchev–Trinajstić information content (AvgIpc) is 2.96. The minimum absolute atomic E-state index is 0.0199. The molecule has 0 bridgehead atoms. The third-order valence-electron chi connectivity index (χ3n) is 4.20. The van der Waals surface area contributed by atoms with Crippen molar-refractivity contribution in [2.75, 3.05) is 19.8 Å². The summed E-state index contributed by atoms with van der Waals surface area (Å²) in [6, 6.07) is 14.0. The Bertz CT molecular complexity index is 763. The minimum atomic E-state index is -0.210. The maximum atomic E-state index is 12.0. The number of ether oxygens (including phenoxy) is 2. The van der Waals surface area contributed by atoms with E-state index in [4.69, 9.17) is 9.47 Å². The van der Waals surface area contributed by atoms with E-state index in [0.29, 0.717) is 26.3 Å².